The third-order valence-electron chi connectivity index (χ3n) is 3.42. The number of amides is 1. The molecular formula is C16H12BrN5O2. The molecule has 0 aliphatic heterocycles. The van der Waals surface area contributed by atoms with E-state index in [9.17, 15) is 9.90 Å². The summed E-state index contributed by atoms with van der Waals surface area (Å²) in [4.78, 5) is 16.7. The van der Waals surface area contributed by atoms with Gasteiger partial charge in [-0.25, -0.2) is 9.55 Å². The van der Waals surface area contributed by atoms with Crippen LogP contribution in [0.15, 0.2) is 47.2 Å². The summed E-state index contributed by atoms with van der Waals surface area (Å²) in [7, 11) is 0. The Morgan fingerprint density at radius 3 is 2.96 bits per heavy atom. The molecule has 0 bridgehead atoms. The van der Waals surface area contributed by atoms with Crippen LogP contribution in [-0.4, -0.2) is 15.3 Å². The fourth-order valence-corrected chi connectivity index (χ4v) is 2.76. The van der Waals surface area contributed by atoms with E-state index in [0.717, 1.165) is 0 Å². The van der Waals surface area contributed by atoms with Crippen LogP contribution in [0.4, 0.5) is 5.82 Å². The number of aromatic nitrogens is 3. The lowest BCUT2D eigenvalue weighted by atomic mass is 10.3. The second-order valence-electron chi connectivity index (χ2n) is 4.94. The van der Waals surface area contributed by atoms with Gasteiger partial charge in [-0.3, -0.25) is 4.79 Å². The van der Waals surface area contributed by atoms with Crippen molar-refractivity contribution in [1.29, 1.82) is 5.26 Å². The van der Waals surface area contributed by atoms with Gasteiger partial charge in [-0.1, -0.05) is 12.1 Å². The Hall–Kier alpha value is -2.92. The number of hydrogen-bond donors (Lipinski definition) is 1. The summed E-state index contributed by atoms with van der Waals surface area (Å²) in [5, 5.41) is 24.0. The van der Waals surface area contributed by atoms with Gasteiger partial charge < -0.3 is 10.4 Å². The van der Waals surface area contributed by atoms with Gasteiger partial charge in [-0.2, -0.15) is 9.66 Å². The second kappa shape index (κ2) is 6.68. The van der Waals surface area contributed by atoms with E-state index >= 15 is 0 Å². The second-order valence-corrected chi connectivity index (χ2v) is 5.75. The van der Waals surface area contributed by atoms with E-state index in [1.165, 1.54) is 8.97 Å². The maximum atomic E-state index is 12.6. The first-order valence-corrected chi connectivity index (χ1v) is 7.92. The molecule has 0 aromatic carbocycles. The number of fused-ring (bicyclic) bond motifs is 1. The molecule has 24 heavy (non-hydrogen) atoms. The van der Waals surface area contributed by atoms with Crippen LogP contribution in [0.1, 0.15) is 16.9 Å². The van der Waals surface area contributed by atoms with Crippen LogP contribution in [-0.2, 0) is 6.54 Å². The topological polar surface area (TPSA) is 97.1 Å². The molecular weight excluding hydrogens is 374 g/mol. The number of halogens is 1. The molecule has 0 fully saturated rings. The zero-order valence-electron chi connectivity index (χ0n) is 12.4. The molecule has 1 N–H and O–H groups in total. The lowest BCUT2D eigenvalue weighted by Gasteiger charge is -2.06. The molecule has 3 heterocycles. The predicted octanol–water partition coefficient (Wildman–Crippen LogP) is 1.62. The van der Waals surface area contributed by atoms with E-state index in [1.807, 2.05) is 6.07 Å². The zero-order valence-corrected chi connectivity index (χ0v) is 14.0. The number of nitrogens with zero attached hydrogens (tertiary/aromatic N) is 4. The first-order chi connectivity index (χ1) is 11.6. The SMILES string of the molecule is N#CCC[n+]1c([O-])c(C(=O)Nc2cccc(Br)n2)n2ccccc21. The lowest BCUT2D eigenvalue weighted by Crippen LogP contribution is -2.36. The number of aryl methyl sites for hydroxylation is 1. The third kappa shape index (κ3) is 2.94. The van der Waals surface area contributed by atoms with Gasteiger partial charge in [0.25, 0.3) is 11.6 Å². The number of rotatable bonds is 4. The van der Waals surface area contributed by atoms with Crippen molar-refractivity contribution in [2.24, 2.45) is 0 Å². The molecule has 0 aliphatic carbocycles. The highest BCUT2D eigenvalue weighted by Crippen LogP contribution is 2.17. The highest BCUT2D eigenvalue weighted by atomic mass is 79.9. The standard InChI is InChI=1S/C16H12BrN5O2/c17-11-5-3-6-12(19-11)20-15(23)14-16(24)22(10-4-8-18)13-7-1-2-9-21(13)14/h1-3,5-7,9H,4,10H2,(H-,19,20,23,24). The first-order valence-electron chi connectivity index (χ1n) is 7.12. The van der Waals surface area contributed by atoms with Crippen LogP contribution in [0, 0.1) is 11.3 Å². The van der Waals surface area contributed by atoms with Crippen LogP contribution < -0.4 is 15.0 Å². The van der Waals surface area contributed by atoms with Gasteiger partial charge in [0.05, 0.1) is 18.7 Å². The Morgan fingerprint density at radius 1 is 1.38 bits per heavy atom. The van der Waals surface area contributed by atoms with Crippen molar-refractivity contribution in [2.75, 3.05) is 5.32 Å². The number of anilines is 1. The molecule has 3 aromatic rings. The number of carbonyl (C=O) groups is 1. The van der Waals surface area contributed by atoms with Crippen LogP contribution >= 0.6 is 15.9 Å². The van der Waals surface area contributed by atoms with Crippen molar-refractivity contribution in [3.63, 3.8) is 0 Å². The highest BCUT2D eigenvalue weighted by Gasteiger charge is 2.25. The normalized spacial score (nSPS) is 10.5. The number of carbonyl (C=O) groups excluding carboxylic acids is 1. The fraction of sp³-hybridized carbons (Fsp3) is 0.125. The van der Waals surface area contributed by atoms with E-state index in [4.69, 9.17) is 5.26 Å². The molecule has 0 spiro atoms. The smallest absolute Gasteiger partial charge is 0.300 e. The highest BCUT2D eigenvalue weighted by molar-refractivity contribution is 9.10. The quantitative estimate of drug-likeness (QED) is 0.544. The number of pyridine rings is 2. The minimum atomic E-state index is -0.553. The maximum absolute atomic E-state index is 12.6. The summed E-state index contributed by atoms with van der Waals surface area (Å²) in [5.74, 6) is -0.658. The molecule has 0 unspecified atom stereocenters. The predicted molar refractivity (Wildman–Crippen MR) is 87.2 cm³/mol. The molecule has 120 valence electrons. The summed E-state index contributed by atoms with van der Waals surface area (Å²) in [6.07, 6.45) is 1.82. The van der Waals surface area contributed by atoms with Crippen molar-refractivity contribution < 1.29 is 14.5 Å². The Labute approximate surface area is 145 Å². The van der Waals surface area contributed by atoms with Gasteiger partial charge in [0, 0.05) is 6.07 Å². The Morgan fingerprint density at radius 2 is 2.21 bits per heavy atom. The van der Waals surface area contributed by atoms with E-state index in [-0.39, 0.29) is 18.7 Å². The number of nitrogens with one attached hydrogen (secondary N) is 1. The summed E-state index contributed by atoms with van der Waals surface area (Å²) in [5.41, 5.74) is 0.537. The van der Waals surface area contributed by atoms with Gasteiger partial charge in [0.15, 0.2) is 0 Å². The van der Waals surface area contributed by atoms with E-state index in [1.54, 1.807) is 42.6 Å². The van der Waals surface area contributed by atoms with Crippen LogP contribution in [0.3, 0.4) is 0 Å². The molecule has 3 aromatic heterocycles. The van der Waals surface area contributed by atoms with Crippen molar-refractivity contribution >= 4 is 33.3 Å². The van der Waals surface area contributed by atoms with Crippen molar-refractivity contribution in [2.45, 2.75) is 13.0 Å². The minimum Gasteiger partial charge on any atom is -0.839 e. The number of hydrogen-bond acceptors (Lipinski definition) is 4. The van der Waals surface area contributed by atoms with Gasteiger partial charge >= 0.3 is 0 Å². The summed E-state index contributed by atoms with van der Waals surface area (Å²) in [6, 6.07) is 12.3. The number of nitriles is 1. The van der Waals surface area contributed by atoms with Gasteiger partial charge in [0.2, 0.25) is 5.69 Å². The average molecular weight is 386 g/mol. The van der Waals surface area contributed by atoms with Gasteiger partial charge in [0.1, 0.15) is 22.8 Å². The minimum absolute atomic E-state index is 0.0229. The van der Waals surface area contributed by atoms with E-state index < -0.39 is 11.8 Å². The van der Waals surface area contributed by atoms with E-state index in [2.05, 4.69) is 26.2 Å². The fourth-order valence-electron chi connectivity index (χ4n) is 2.42. The molecule has 0 saturated carbocycles. The average Bonchev–Trinajstić information content (AvgIpc) is 2.84. The Kier molecular flexibility index (Phi) is 4.44. The van der Waals surface area contributed by atoms with Gasteiger partial charge in [-0.05, 0) is 34.1 Å². The van der Waals surface area contributed by atoms with Crippen LogP contribution in [0.2, 0.25) is 0 Å². The molecule has 0 aliphatic rings. The van der Waals surface area contributed by atoms with Crippen molar-refractivity contribution in [3.05, 3.63) is 52.9 Å². The molecule has 0 radical (unpaired) electrons. The first kappa shape index (κ1) is 16.0. The van der Waals surface area contributed by atoms with Crippen molar-refractivity contribution in [3.8, 4) is 11.9 Å². The van der Waals surface area contributed by atoms with Crippen molar-refractivity contribution in [1.82, 2.24) is 9.38 Å². The van der Waals surface area contributed by atoms with E-state index in [0.29, 0.717) is 16.1 Å². The Balaban J connectivity index is 2.04. The molecule has 7 nitrogen and oxygen atoms in total. The Bertz CT molecular complexity index is 961. The largest absolute Gasteiger partial charge is 0.839 e. The monoisotopic (exact) mass is 385 g/mol. The third-order valence-corrected chi connectivity index (χ3v) is 3.86. The summed E-state index contributed by atoms with van der Waals surface area (Å²) < 4.78 is 3.52. The number of imidazole rings is 1. The van der Waals surface area contributed by atoms with Crippen LogP contribution in [0.5, 0.6) is 5.88 Å². The zero-order chi connectivity index (χ0) is 17.1. The molecule has 3 rings (SSSR count). The van der Waals surface area contributed by atoms with Crippen LogP contribution in [0.25, 0.3) is 5.65 Å². The van der Waals surface area contributed by atoms with Gasteiger partial charge in [-0.15, -0.1) is 0 Å². The molecule has 8 heteroatoms. The molecule has 0 atom stereocenters. The molecule has 0 saturated heterocycles. The molecule has 1 amide bonds. The summed E-state index contributed by atoms with van der Waals surface area (Å²) >= 11 is 3.23. The lowest BCUT2D eigenvalue weighted by molar-refractivity contribution is -0.711. The summed E-state index contributed by atoms with van der Waals surface area (Å²) in [6.45, 7) is 0.227. The maximum Gasteiger partial charge on any atom is 0.300 e.